The number of ether oxygens (including phenoxy) is 1. The fourth-order valence-corrected chi connectivity index (χ4v) is 9.14. The third-order valence-electron chi connectivity index (χ3n) is 6.69. The average molecular weight is 587 g/mol. The monoisotopic (exact) mass is 586 g/mol. The Bertz CT molecular complexity index is 1490. The number of hydrogen-bond donors (Lipinski definition) is 2. The second-order valence-electron chi connectivity index (χ2n) is 9.36. The van der Waals surface area contributed by atoms with Crippen molar-refractivity contribution >= 4 is 37.4 Å². The summed E-state index contributed by atoms with van der Waals surface area (Å²) in [6, 6.07) is 10.0. The molecule has 2 saturated heterocycles. The molecule has 2 N–H and O–H groups in total. The molecule has 0 aliphatic carbocycles. The van der Waals surface area contributed by atoms with Crippen LogP contribution in [0.3, 0.4) is 0 Å². The Labute approximate surface area is 223 Å². The topological polar surface area (TPSA) is 133 Å². The van der Waals surface area contributed by atoms with Crippen molar-refractivity contribution < 1.29 is 40.2 Å². The van der Waals surface area contributed by atoms with Crippen molar-refractivity contribution in [3.05, 3.63) is 59.9 Å². The Balaban J connectivity index is 1.22. The van der Waals surface area contributed by atoms with Gasteiger partial charge in [-0.3, -0.25) is 13.9 Å². The largest absolute Gasteiger partial charge is 0.439 e. The van der Waals surface area contributed by atoms with Crippen LogP contribution in [0.5, 0.6) is 11.6 Å². The van der Waals surface area contributed by atoms with Gasteiger partial charge in [-0.1, -0.05) is 6.07 Å². The van der Waals surface area contributed by atoms with Crippen molar-refractivity contribution in [2.24, 2.45) is 0 Å². The van der Waals surface area contributed by atoms with Crippen molar-refractivity contribution in [3.8, 4) is 11.6 Å². The summed E-state index contributed by atoms with van der Waals surface area (Å²) in [5.41, 5.74) is -0.205. The number of benzene rings is 1. The maximum Gasteiger partial charge on any atom is 0.417 e. The van der Waals surface area contributed by atoms with Gasteiger partial charge in [-0.25, -0.2) is 18.4 Å². The number of rotatable bonds is 5. The van der Waals surface area contributed by atoms with E-state index < -0.39 is 37.6 Å². The first-order chi connectivity index (χ1) is 18.3. The van der Waals surface area contributed by atoms with Gasteiger partial charge in [0.25, 0.3) is 5.91 Å². The van der Waals surface area contributed by atoms with Gasteiger partial charge in [0.1, 0.15) is 11.4 Å². The SMILES string of the molecule is O=C(c1ccc2cc(Oc3ccc(C(F)(F)F)cn3)ccc2n1)N1CCN(S(=O)(=O)C2CCS(O)(O)C2)CC1. The van der Waals surface area contributed by atoms with E-state index in [1.54, 1.807) is 24.3 Å². The molecule has 15 heteroatoms. The maximum absolute atomic E-state index is 13.1. The Kier molecular flexibility index (Phi) is 7.22. The van der Waals surface area contributed by atoms with Gasteiger partial charge in [0.05, 0.1) is 22.1 Å². The van der Waals surface area contributed by atoms with Crippen LogP contribution in [0.2, 0.25) is 0 Å². The molecule has 3 aromatic rings. The molecule has 2 aromatic heterocycles. The van der Waals surface area contributed by atoms with Gasteiger partial charge in [-0.05, 0) is 36.8 Å². The van der Waals surface area contributed by atoms with Gasteiger partial charge in [-0.2, -0.15) is 28.1 Å². The first kappa shape index (κ1) is 27.6. The summed E-state index contributed by atoms with van der Waals surface area (Å²) in [5.74, 6) is -0.0923. The number of carbonyl (C=O) groups is 1. The van der Waals surface area contributed by atoms with E-state index >= 15 is 0 Å². The number of carbonyl (C=O) groups excluding carboxylic acids is 1. The molecule has 10 nitrogen and oxygen atoms in total. The fourth-order valence-electron chi connectivity index (χ4n) is 4.55. The summed E-state index contributed by atoms with van der Waals surface area (Å²) in [6.45, 7) is 0.563. The maximum atomic E-state index is 13.1. The zero-order chi connectivity index (χ0) is 28.0. The molecule has 39 heavy (non-hydrogen) atoms. The van der Waals surface area contributed by atoms with Crippen molar-refractivity contribution in [2.75, 3.05) is 37.7 Å². The number of halogens is 3. The van der Waals surface area contributed by atoms with E-state index in [0.717, 1.165) is 12.1 Å². The summed E-state index contributed by atoms with van der Waals surface area (Å²) in [6.07, 6.45) is -3.60. The van der Waals surface area contributed by atoms with Crippen LogP contribution in [0.4, 0.5) is 13.2 Å². The van der Waals surface area contributed by atoms with Gasteiger partial charge in [0.2, 0.25) is 15.9 Å². The highest BCUT2D eigenvalue weighted by atomic mass is 32.3. The molecule has 1 amide bonds. The first-order valence-corrected chi connectivity index (χ1v) is 15.3. The normalized spacial score (nSPS) is 21.2. The van der Waals surface area contributed by atoms with Crippen molar-refractivity contribution in [2.45, 2.75) is 17.8 Å². The lowest BCUT2D eigenvalue weighted by molar-refractivity contribution is -0.137. The summed E-state index contributed by atoms with van der Waals surface area (Å²) >= 11 is 0. The molecule has 5 rings (SSSR count). The summed E-state index contributed by atoms with van der Waals surface area (Å²) in [7, 11) is -6.54. The predicted molar refractivity (Wildman–Crippen MR) is 138 cm³/mol. The first-order valence-electron chi connectivity index (χ1n) is 12.0. The zero-order valence-electron chi connectivity index (χ0n) is 20.4. The standard InChI is InChI=1S/C24H25F3N4O6S2/c25-24(26,27)17-2-6-22(28-14-17)37-18-3-5-20-16(13-18)1-4-21(29-20)23(32)30-8-10-31(11-9-30)39(35,36)19-7-12-38(33,34)15-19/h1-6,13-14,19,33-34H,7-12,15H2. The summed E-state index contributed by atoms with van der Waals surface area (Å²) < 4.78 is 90.5. The molecule has 0 saturated carbocycles. The van der Waals surface area contributed by atoms with E-state index in [2.05, 4.69) is 9.97 Å². The van der Waals surface area contributed by atoms with Gasteiger partial charge in [-0.15, -0.1) is 0 Å². The lowest BCUT2D eigenvalue weighted by Crippen LogP contribution is -2.52. The lowest BCUT2D eigenvalue weighted by Gasteiger charge is -2.35. The fraction of sp³-hybridized carbons (Fsp3) is 0.375. The number of pyridine rings is 2. The molecule has 210 valence electrons. The smallest absolute Gasteiger partial charge is 0.417 e. The summed E-state index contributed by atoms with van der Waals surface area (Å²) in [4.78, 5) is 22.7. The minimum Gasteiger partial charge on any atom is -0.439 e. The second kappa shape index (κ2) is 10.2. The third-order valence-corrected chi connectivity index (χ3v) is 11.1. The number of alkyl halides is 3. The Morgan fingerprint density at radius 1 is 1.05 bits per heavy atom. The van der Waals surface area contributed by atoms with Crippen LogP contribution in [0.15, 0.2) is 48.7 Å². The van der Waals surface area contributed by atoms with E-state index in [-0.39, 0.29) is 61.6 Å². The van der Waals surface area contributed by atoms with Crippen LogP contribution < -0.4 is 4.74 Å². The Morgan fingerprint density at radius 3 is 2.41 bits per heavy atom. The zero-order valence-corrected chi connectivity index (χ0v) is 22.0. The third kappa shape index (κ3) is 5.96. The molecule has 0 bridgehead atoms. The van der Waals surface area contributed by atoms with Crippen LogP contribution in [-0.2, 0) is 16.2 Å². The molecule has 0 spiro atoms. The van der Waals surface area contributed by atoms with Gasteiger partial charge in [0, 0.05) is 49.6 Å². The van der Waals surface area contributed by atoms with E-state index in [9.17, 15) is 35.5 Å². The van der Waals surface area contributed by atoms with Crippen LogP contribution in [-0.4, -0.2) is 85.5 Å². The molecule has 0 radical (unpaired) electrons. The molecule has 1 atom stereocenters. The van der Waals surface area contributed by atoms with Crippen LogP contribution >= 0.6 is 10.6 Å². The predicted octanol–water partition coefficient (Wildman–Crippen LogP) is 4.05. The van der Waals surface area contributed by atoms with Crippen LogP contribution in [0.25, 0.3) is 10.9 Å². The molecular formula is C24H25F3N4O6S2. The van der Waals surface area contributed by atoms with E-state index in [4.69, 9.17) is 4.74 Å². The number of amides is 1. The van der Waals surface area contributed by atoms with Gasteiger partial charge < -0.3 is 9.64 Å². The summed E-state index contributed by atoms with van der Waals surface area (Å²) in [5, 5.41) is -0.190. The van der Waals surface area contributed by atoms with E-state index in [0.29, 0.717) is 22.8 Å². The minimum atomic E-state index is -4.49. The van der Waals surface area contributed by atoms with Crippen LogP contribution in [0.1, 0.15) is 22.5 Å². The molecule has 1 unspecified atom stereocenters. The van der Waals surface area contributed by atoms with Crippen molar-refractivity contribution in [1.82, 2.24) is 19.2 Å². The molecule has 4 heterocycles. The van der Waals surface area contributed by atoms with Crippen molar-refractivity contribution in [1.29, 1.82) is 0 Å². The molecule has 1 aromatic carbocycles. The number of piperazine rings is 1. The minimum absolute atomic E-state index is 0.00974. The highest BCUT2D eigenvalue weighted by Crippen LogP contribution is 2.48. The molecule has 2 aliphatic rings. The number of aromatic nitrogens is 2. The van der Waals surface area contributed by atoms with Gasteiger partial charge in [0.15, 0.2) is 0 Å². The average Bonchev–Trinajstić information content (AvgIpc) is 3.28. The highest BCUT2D eigenvalue weighted by Gasteiger charge is 2.41. The Hall–Kier alpha value is -2.98. The van der Waals surface area contributed by atoms with E-state index in [1.807, 2.05) is 0 Å². The Morgan fingerprint density at radius 2 is 1.79 bits per heavy atom. The number of nitrogens with zero attached hydrogens (tertiary/aromatic N) is 4. The number of hydrogen-bond acceptors (Lipinski definition) is 8. The van der Waals surface area contributed by atoms with Crippen LogP contribution in [0, 0.1) is 0 Å². The lowest BCUT2D eigenvalue weighted by atomic mass is 10.2. The second-order valence-corrected chi connectivity index (χ2v) is 13.9. The number of sulfonamides is 1. The van der Waals surface area contributed by atoms with E-state index in [1.165, 1.54) is 15.3 Å². The highest BCUT2D eigenvalue weighted by molar-refractivity contribution is 8.25. The molecular weight excluding hydrogens is 561 g/mol. The van der Waals surface area contributed by atoms with Gasteiger partial charge >= 0.3 is 6.18 Å². The van der Waals surface area contributed by atoms with Crippen molar-refractivity contribution in [3.63, 3.8) is 0 Å². The number of fused-ring (bicyclic) bond motifs is 1. The quantitative estimate of drug-likeness (QED) is 0.458. The molecule has 2 aliphatic heterocycles. The molecule has 2 fully saturated rings.